The molecule has 2 aromatic carbocycles. The number of aromatic nitrogens is 4. The van der Waals surface area contributed by atoms with Gasteiger partial charge in [0.2, 0.25) is 15.8 Å². The number of ether oxygens (including phenoxy) is 1. The summed E-state index contributed by atoms with van der Waals surface area (Å²) in [6, 6.07) is 14.1. The third-order valence-corrected chi connectivity index (χ3v) is 7.63. The van der Waals surface area contributed by atoms with Crippen LogP contribution in [0.4, 0.5) is 0 Å². The summed E-state index contributed by atoms with van der Waals surface area (Å²) in [4.78, 5) is 13.7. The summed E-state index contributed by atoms with van der Waals surface area (Å²) in [6.45, 7) is 2.06. The molecule has 0 saturated heterocycles. The van der Waals surface area contributed by atoms with Gasteiger partial charge in [0.15, 0.2) is 5.78 Å². The Morgan fingerprint density at radius 3 is 2.28 bits per heavy atom. The molecule has 0 radical (unpaired) electrons. The number of carbonyl (C=O) groups excluding carboxylic acids is 1. The average molecular weight is 514 g/mol. The van der Waals surface area contributed by atoms with Gasteiger partial charge in [-0.25, -0.2) is 12.7 Å². The zero-order chi connectivity index (χ0) is 26.0. The van der Waals surface area contributed by atoms with Crippen LogP contribution in [-0.4, -0.2) is 59.4 Å². The zero-order valence-corrected chi connectivity index (χ0v) is 22.1. The van der Waals surface area contributed by atoms with Gasteiger partial charge in [-0.1, -0.05) is 51.2 Å². The molecule has 3 aromatic rings. The van der Waals surface area contributed by atoms with Crippen LogP contribution in [0.1, 0.15) is 51.0 Å². The normalized spacial score (nSPS) is 11.7. The summed E-state index contributed by atoms with van der Waals surface area (Å²) in [5, 5.41) is 12.1. The maximum absolute atomic E-state index is 12.3. The molecule has 0 aliphatic carbocycles. The number of carbonyl (C=O) groups is 1. The molecule has 1 aromatic heterocycles. The molecular formula is C26H35N5O4S. The van der Waals surface area contributed by atoms with Crippen LogP contribution in [0.25, 0.3) is 11.4 Å². The fourth-order valence-corrected chi connectivity index (χ4v) is 4.54. The highest BCUT2D eigenvalue weighted by Crippen LogP contribution is 2.19. The number of tetrazole rings is 1. The first-order valence-electron chi connectivity index (χ1n) is 12.3. The lowest BCUT2D eigenvalue weighted by Crippen LogP contribution is -2.22. The van der Waals surface area contributed by atoms with Gasteiger partial charge in [-0.3, -0.25) is 4.79 Å². The molecule has 0 aliphatic rings. The number of unbranched alkanes of at least 4 members (excludes halogenated alkanes) is 5. The second-order valence-electron chi connectivity index (χ2n) is 8.94. The van der Waals surface area contributed by atoms with Crippen LogP contribution in [0.5, 0.6) is 5.75 Å². The van der Waals surface area contributed by atoms with Gasteiger partial charge in [-0.15, -0.1) is 10.2 Å². The maximum atomic E-state index is 12.3. The van der Waals surface area contributed by atoms with E-state index in [-0.39, 0.29) is 23.8 Å². The van der Waals surface area contributed by atoms with E-state index in [1.807, 2.05) is 24.3 Å². The van der Waals surface area contributed by atoms with Crippen LogP contribution in [0, 0.1) is 0 Å². The Morgan fingerprint density at radius 1 is 0.944 bits per heavy atom. The van der Waals surface area contributed by atoms with Crippen molar-refractivity contribution >= 4 is 15.8 Å². The summed E-state index contributed by atoms with van der Waals surface area (Å²) in [7, 11) is -0.563. The Hall–Kier alpha value is -3.11. The first kappa shape index (κ1) is 27.5. The van der Waals surface area contributed by atoms with E-state index in [9.17, 15) is 13.2 Å². The van der Waals surface area contributed by atoms with Crippen LogP contribution in [-0.2, 0) is 27.8 Å². The number of hydrogen-bond donors (Lipinski definition) is 0. The summed E-state index contributed by atoms with van der Waals surface area (Å²) in [6.07, 6.45) is 8.70. The number of Topliss-reactive ketones (excluding diaryl/α,β-unsaturated/α-hetero) is 1. The standard InChI is InChI=1S/C26H35N5O4S/c1-4-5-6-7-8-9-10-21-11-15-24(16-12-21)35-20-23(32)19-31-28-26(27-29-31)22-13-17-25(18-14-22)36(33,34)30(2)3/h11-18H,4-10,19-20H2,1-3H3. The molecular weight excluding hydrogens is 478 g/mol. The molecule has 0 spiro atoms. The SMILES string of the molecule is CCCCCCCCc1ccc(OCC(=O)Cn2nnc(-c3ccc(S(=O)(=O)N(C)C)cc3)n2)cc1. The Morgan fingerprint density at radius 2 is 1.61 bits per heavy atom. The van der Waals surface area contributed by atoms with Crippen LogP contribution < -0.4 is 4.74 Å². The Balaban J connectivity index is 1.45. The van der Waals surface area contributed by atoms with Gasteiger partial charge in [0.25, 0.3) is 0 Å². The first-order valence-corrected chi connectivity index (χ1v) is 13.8. The van der Waals surface area contributed by atoms with E-state index in [4.69, 9.17) is 4.74 Å². The van der Waals surface area contributed by atoms with E-state index in [0.29, 0.717) is 17.1 Å². The van der Waals surface area contributed by atoms with E-state index < -0.39 is 10.0 Å². The third-order valence-electron chi connectivity index (χ3n) is 5.80. The minimum atomic E-state index is -3.51. The lowest BCUT2D eigenvalue weighted by atomic mass is 10.0. The van der Waals surface area contributed by atoms with Gasteiger partial charge in [0, 0.05) is 19.7 Å². The predicted octanol–water partition coefficient (Wildman–Crippen LogP) is 4.14. The number of rotatable bonds is 15. The Bertz CT molecular complexity index is 1210. The van der Waals surface area contributed by atoms with Crippen LogP contribution in [0.3, 0.4) is 0 Å². The van der Waals surface area contributed by atoms with E-state index in [0.717, 1.165) is 10.7 Å². The monoisotopic (exact) mass is 513 g/mol. The molecule has 0 bridgehead atoms. The molecule has 0 unspecified atom stereocenters. The first-order chi connectivity index (χ1) is 17.3. The van der Waals surface area contributed by atoms with E-state index in [1.54, 1.807) is 12.1 Å². The second-order valence-corrected chi connectivity index (χ2v) is 11.1. The van der Waals surface area contributed by atoms with Crippen LogP contribution >= 0.6 is 0 Å². The van der Waals surface area contributed by atoms with Crippen molar-refractivity contribution in [2.24, 2.45) is 0 Å². The summed E-state index contributed by atoms with van der Waals surface area (Å²) < 4.78 is 31.2. The molecule has 194 valence electrons. The van der Waals surface area contributed by atoms with E-state index >= 15 is 0 Å². The molecule has 0 aliphatic heterocycles. The number of ketones is 1. The summed E-state index contributed by atoms with van der Waals surface area (Å²) >= 11 is 0. The highest BCUT2D eigenvalue weighted by Gasteiger charge is 2.17. The fourth-order valence-electron chi connectivity index (χ4n) is 3.64. The van der Waals surface area contributed by atoms with E-state index in [1.165, 1.54) is 75.1 Å². The predicted molar refractivity (Wildman–Crippen MR) is 138 cm³/mol. The molecule has 0 atom stereocenters. The Kier molecular flexibility index (Phi) is 10.1. The lowest BCUT2D eigenvalue weighted by molar-refractivity contribution is -0.122. The summed E-state index contributed by atoms with van der Waals surface area (Å²) in [5.41, 5.74) is 1.87. The van der Waals surface area contributed by atoms with Crippen molar-refractivity contribution in [1.29, 1.82) is 0 Å². The van der Waals surface area contributed by atoms with Crippen molar-refractivity contribution in [2.75, 3.05) is 20.7 Å². The van der Waals surface area contributed by atoms with Gasteiger partial charge < -0.3 is 4.74 Å². The van der Waals surface area contributed by atoms with Gasteiger partial charge in [0.05, 0.1) is 4.90 Å². The second kappa shape index (κ2) is 13.3. The van der Waals surface area contributed by atoms with Crippen molar-refractivity contribution in [3.63, 3.8) is 0 Å². The number of hydrogen-bond acceptors (Lipinski definition) is 7. The van der Waals surface area contributed by atoms with E-state index in [2.05, 4.69) is 22.3 Å². The largest absolute Gasteiger partial charge is 0.486 e. The molecule has 0 amide bonds. The maximum Gasteiger partial charge on any atom is 0.242 e. The van der Waals surface area contributed by atoms with Crippen molar-refractivity contribution in [3.05, 3.63) is 54.1 Å². The van der Waals surface area contributed by atoms with Crippen molar-refractivity contribution < 1.29 is 17.9 Å². The average Bonchev–Trinajstić information content (AvgIpc) is 3.34. The zero-order valence-electron chi connectivity index (χ0n) is 21.3. The molecule has 9 nitrogen and oxygen atoms in total. The third kappa shape index (κ3) is 7.96. The highest BCUT2D eigenvalue weighted by molar-refractivity contribution is 7.89. The topological polar surface area (TPSA) is 107 Å². The number of nitrogens with zero attached hydrogens (tertiary/aromatic N) is 5. The molecule has 10 heteroatoms. The molecule has 1 heterocycles. The van der Waals surface area contributed by atoms with Crippen molar-refractivity contribution in [1.82, 2.24) is 24.5 Å². The van der Waals surface area contributed by atoms with Gasteiger partial charge >= 0.3 is 0 Å². The fraction of sp³-hybridized carbons (Fsp3) is 0.462. The minimum absolute atomic E-state index is 0.0732. The van der Waals surface area contributed by atoms with Crippen LogP contribution in [0.2, 0.25) is 0 Å². The molecule has 0 N–H and O–H groups in total. The molecule has 0 fully saturated rings. The summed E-state index contributed by atoms with van der Waals surface area (Å²) in [5.74, 6) is 0.760. The van der Waals surface area contributed by atoms with Gasteiger partial charge in [-0.05, 0) is 60.0 Å². The molecule has 36 heavy (non-hydrogen) atoms. The quantitative estimate of drug-likeness (QED) is 0.281. The number of benzene rings is 2. The highest BCUT2D eigenvalue weighted by atomic mass is 32.2. The van der Waals surface area contributed by atoms with Gasteiger partial charge in [0.1, 0.15) is 18.9 Å². The smallest absolute Gasteiger partial charge is 0.242 e. The van der Waals surface area contributed by atoms with Crippen molar-refractivity contribution in [3.8, 4) is 17.1 Å². The van der Waals surface area contributed by atoms with Crippen LogP contribution in [0.15, 0.2) is 53.4 Å². The Labute approximate surface area is 213 Å². The lowest BCUT2D eigenvalue weighted by Gasteiger charge is -2.11. The van der Waals surface area contributed by atoms with Crippen molar-refractivity contribution in [2.45, 2.75) is 63.3 Å². The minimum Gasteiger partial charge on any atom is -0.486 e. The van der Waals surface area contributed by atoms with Gasteiger partial charge in [-0.2, -0.15) is 4.80 Å². The number of sulfonamides is 1. The number of aryl methyl sites for hydroxylation is 1. The molecule has 0 saturated carbocycles. The molecule has 3 rings (SSSR count).